The van der Waals surface area contributed by atoms with Gasteiger partial charge in [-0.25, -0.2) is 0 Å². The molecule has 4 aliphatic rings. The Balaban J connectivity index is 1.64. The first-order valence-electron chi connectivity index (χ1n) is 16.9. The fraction of sp³-hybridized carbons (Fsp3) is 0.611. The normalized spacial score (nSPS) is 33.2. The predicted molar refractivity (Wildman–Crippen MR) is 174 cm³/mol. The summed E-state index contributed by atoms with van der Waals surface area (Å²) in [7, 11) is 1.51. The van der Waals surface area contributed by atoms with Gasteiger partial charge in [-0.05, 0) is 31.2 Å². The van der Waals surface area contributed by atoms with Crippen molar-refractivity contribution >= 4 is 23.7 Å². The Labute approximate surface area is 277 Å². The van der Waals surface area contributed by atoms with E-state index in [0.717, 1.165) is 12.8 Å². The monoisotopic (exact) mass is 651 g/mol. The highest BCUT2D eigenvalue weighted by Crippen LogP contribution is 2.54. The van der Waals surface area contributed by atoms with E-state index in [-0.39, 0.29) is 43.4 Å². The second kappa shape index (κ2) is 14.7. The molecule has 11 heteroatoms. The van der Waals surface area contributed by atoms with Crippen LogP contribution >= 0.6 is 0 Å². The van der Waals surface area contributed by atoms with E-state index in [1.54, 1.807) is 23.1 Å². The van der Waals surface area contributed by atoms with E-state index in [1.807, 2.05) is 57.2 Å². The van der Waals surface area contributed by atoms with Crippen molar-refractivity contribution in [3.63, 3.8) is 0 Å². The van der Waals surface area contributed by atoms with E-state index in [2.05, 4.69) is 12.2 Å². The minimum Gasteiger partial charge on any atom is -0.455 e. The molecule has 1 unspecified atom stereocenters. The standard InChI is InChI=1S/C36H49N3O8/c1-6-13-23(4)38-19-12-18-36-30(33(42)39(32(36)34(38)43)26(20-40)22(2)3)29-27(47-36)16-10-11-17-28(41)37-25(21-45-5)31(46-35(29)44)24-14-8-7-9-15-24/h7-10,12,14-16,18,22-23,25-27,29-32,40H,6,11,13,17,19-21H2,1-5H3,(H,37,41)/b16-10-/t23?,25-,26-,27-,29+,30+,31-,32-,36+/m0/s1. The van der Waals surface area contributed by atoms with Crippen LogP contribution in [-0.2, 0) is 33.4 Å². The number of methoxy groups -OCH3 is 1. The molecular weight excluding hydrogens is 602 g/mol. The first-order chi connectivity index (χ1) is 22.6. The smallest absolute Gasteiger partial charge is 0.313 e. The number of nitrogens with zero attached hydrogens (tertiary/aromatic N) is 2. The number of ether oxygens (including phenoxy) is 3. The van der Waals surface area contributed by atoms with E-state index in [0.29, 0.717) is 18.5 Å². The van der Waals surface area contributed by atoms with Crippen LogP contribution in [0.4, 0.5) is 0 Å². The molecule has 1 aromatic carbocycles. The van der Waals surface area contributed by atoms with Crippen LogP contribution in [0.1, 0.15) is 65.0 Å². The molecule has 0 aromatic heterocycles. The number of cyclic esters (lactones) is 1. The lowest BCUT2D eigenvalue weighted by atomic mass is 9.77. The number of hydrogen-bond donors (Lipinski definition) is 2. The van der Waals surface area contributed by atoms with Gasteiger partial charge in [-0.15, -0.1) is 0 Å². The van der Waals surface area contributed by atoms with Crippen LogP contribution in [0, 0.1) is 17.8 Å². The van der Waals surface area contributed by atoms with Gasteiger partial charge in [0.05, 0.1) is 37.3 Å². The Kier molecular flexibility index (Phi) is 10.9. The lowest BCUT2D eigenvalue weighted by Crippen LogP contribution is -2.60. The number of rotatable bonds is 9. The van der Waals surface area contributed by atoms with Gasteiger partial charge >= 0.3 is 5.97 Å². The van der Waals surface area contributed by atoms with Crippen molar-refractivity contribution in [1.29, 1.82) is 0 Å². The number of hydrogen-bond acceptors (Lipinski definition) is 8. The van der Waals surface area contributed by atoms with Crippen LogP contribution in [-0.4, -0.2) is 101 Å². The second-order valence-corrected chi connectivity index (χ2v) is 13.5. The molecule has 1 spiro atoms. The lowest BCUT2D eigenvalue weighted by Gasteiger charge is -2.41. The van der Waals surface area contributed by atoms with Crippen LogP contribution in [0.2, 0.25) is 0 Å². The first kappa shape index (κ1) is 34.8. The first-order valence-corrected chi connectivity index (χ1v) is 16.9. The Bertz CT molecular complexity index is 1360. The van der Waals surface area contributed by atoms with Crippen LogP contribution in [0.25, 0.3) is 0 Å². The second-order valence-electron chi connectivity index (χ2n) is 13.5. The largest absolute Gasteiger partial charge is 0.455 e. The van der Waals surface area contributed by atoms with E-state index in [4.69, 9.17) is 14.2 Å². The fourth-order valence-corrected chi connectivity index (χ4v) is 7.79. The number of likely N-dealkylation sites (tertiary alicyclic amines) is 1. The van der Waals surface area contributed by atoms with Gasteiger partial charge in [-0.1, -0.05) is 81.8 Å². The zero-order valence-corrected chi connectivity index (χ0v) is 28.0. The minimum atomic E-state index is -1.47. The number of nitrogens with one attached hydrogen (secondary N) is 1. The summed E-state index contributed by atoms with van der Waals surface area (Å²) in [6, 6.07) is 6.56. The van der Waals surface area contributed by atoms with Crippen LogP contribution in [0.5, 0.6) is 0 Å². The Morgan fingerprint density at radius 1 is 1.09 bits per heavy atom. The lowest BCUT2D eigenvalue weighted by molar-refractivity contribution is -0.163. The van der Waals surface area contributed by atoms with Gasteiger partial charge in [-0.2, -0.15) is 0 Å². The SMILES string of the molecule is CCCC(C)N1CC=C[C@@]23O[C@H]4/C=C\CCC(=O)N[C@@H](COC)[C@H](c5ccccc5)OC(=O)[C@H]4[C@@H]2C(=O)N([C@@H](CO)C(C)C)[C@H]3C1=O. The maximum atomic E-state index is 14.8. The molecule has 9 atom stereocenters. The summed E-state index contributed by atoms with van der Waals surface area (Å²) >= 11 is 0. The van der Waals surface area contributed by atoms with Crippen molar-refractivity contribution in [2.75, 3.05) is 26.9 Å². The number of esters is 1. The number of carbonyl (C=O) groups is 4. The molecule has 256 valence electrons. The van der Waals surface area contributed by atoms with Crippen molar-refractivity contribution in [3.05, 3.63) is 60.2 Å². The zero-order valence-electron chi connectivity index (χ0n) is 28.0. The summed E-state index contributed by atoms with van der Waals surface area (Å²) in [6.45, 7) is 7.92. The molecule has 0 aliphatic carbocycles. The topological polar surface area (TPSA) is 135 Å². The number of carbonyl (C=O) groups excluding carboxylic acids is 4. The van der Waals surface area contributed by atoms with Gasteiger partial charge in [0.2, 0.25) is 17.7 Å². The van der Waals surface area contributed by atoms with Gasteiger partial charge in [0.1, 0.15) is 23.7 Å². The average Bonchev–Trinajstić information content (AvgIpc) is 3.42. The Hall–Kier alpha value is -3.54. The minimum absolute atomic E-state index is 0.0801. The zero-order chi connectivity index (χ0) is 33.9. The molecule has 0 saturated carbocycles. The maximum absolute atomic E-state index is 14.8. The van der Waals surface area contributed by atoms with Crippen molar-refractivity contribution in [1.82, 2.24) is 15.1 Å². The highest BCUT2D eigenvalue weighted by atomic mass is 16.6. The molecule has 2 N–H and O–H groups in total. The van der Waals surface area contributed by atoms with Crippen molar-refractivity contribution < 1.29 is 38.5 Å². The molecule has 2 fully saturated rings. The third kappa shape index (κ3) is 6.49. The quantitative estimate of drug-likeness (QED) is 0.308. The van der Waals surface area contributed by atoms with E-state index >= 15 is 0 Å². The molecule has 5 rings (SSSR count). The van der Waals surface area contributed by atoms with E-state index in [9.17, 15) is 24.3 Å². The molecule has 47 heavy (non-hydrogen) atoms. The molecule has 4 aliphatic heterocycles. The molecule has 1 aromatic rings. The van der Waals surface area contributed by atoms with E-state index < -0.39 is 59.6 Å². The Morgan fingerprint density at radius 3 is 2.49 bits per heavy atom. The van der Waals surface area contributed by atoms with Gasteiger partial charge < -0.3 is 34.4 Å². The third-order valence-electron chi connectivity index (χ3n) is 10.1. The number of fused-ring (bicyclic) bond motifs is 2. The number of allylic oxidation sites excluding steroid dienone is 1. The maximum Gasteiger partial charge on any atom is 0.313 e. The highest BCUT2D eigenvalue weighted by Gasteiger charge is 2.72. The van der Waals surface area contributed by atoms with Crippen LogP contribution < -0.4 is 5.32 Å². The fourth-order valence-electron chi connectivity index (χ4n) is 7.79. The molecule has 11 nitrogen and oxygen atoms in total. The van der Waals surface area contributed by atoms with Gasteiger partial charge in [0.15, 0.2) is 0 Å². The van der Waals surface area contributed by atoms with Crippen LogP contribution in [0.15, 0.2) is 54.6 Å². The number of amides is 3. The van der Waals surface area contributed by atoms with E-state index in [1.165, 1.54) is 12.0 Å². The molecular formula is C36H49N3O8. The number of benzene rings is 1. The predicted octanol–water partition coefficient (Wildman–Crippen LogP) is 2.94. The third-order valence-corrected chi connectivity index (χ3v) is 10.1. The summed E-state index contributed by atoms with van der Waals surface area (Å²) < 4.78 is 18.6. The van der Waals surface area contributed by atoms with Crippen LogP contribution in [0.3, 0.4) is 0 Å². The summed E-state index contributed by atoms with van der Waals surface area (Å²) in [4.78, 5) is 60.2. The summed E-state index contributed by atoms with van der Waals surface area (Å²) in [5.74, 6) is -3.95. The molecule has 0 radical (unpaired) electrons. The summed E-state index contributed by atoms with van der Waals surface area (Å²) in [6.07, 6.45) is 7.56. The summed E-state index contributed by atoms with van der Waals surface area (Å²) in [5, 5.41) is 13.5. The van der Waals surface area contributed by atoms with Gasteiger partial charge in [0.25, 0.3) is 0 Å². The van der Waals surface area contributed by atoms with Crippen molar-refractivity contribution in [2.45, 2.75) is 95.4 Å². The van der Waals surface area contributed by atoms with Crippen molar-refractivity contribution in [3.8, 4) is 0 Å². The molecule has 2 saturated heterocycles. The van der Waals surface area contributed by atoms with Gasteiger partial charge in [0, 0.05) is 26.1 Å². The molecule has 0 bridgehead atoms. The highest BCUT2D eigenvalue weighted by molar-refractivity contribution is 5.99. The Morgan fingerprint density at radius 2 is 1.83 bits per heavy atom. The molecule has 3 amide bonds. The number of aliphatic hydroxyl groups excluding tert-OH is 1. The van der Waals surface area contributed by atoms with Gasteiger partial charge in [-0.3, -0.25) is 19.2 Å². The number of aliphatic hydroxyl groups is 1. The summed E-state index contributed by atoms with van der Waals surface area (Å²) in [5.41, 5.74) is -0.818. The molecule has 4 heterocycles. The van der Waals surface area contributed by atoms with Crippen molar-refractivity contribution in [2.24, 2.45) is 17.8 Å². The average molecular weight is 652 g/mol.